The van der Waals surface area contributed by atoms with Gasteiger partial charge in [0.05, 0.1) is 28.9 Å². The van der Waals surface area contributed by atoms with Crippen molar-refractivity contribution in [3.8, 4) is 22.6 Å². The summed E-state index contributed by atoms with van der Waals surface area (Å²) in [6.07, 6.45) is 9.85. The third-order valence-electron chi connectivity index (χ3n) is 12.9. The predicted molar refractivity (Wildman–Crippen MR) is 239 cm³/mol. The van der Waals surface area contributed by atoms with Crippen molar-refractivity contribution in [3.63, 3.8) is 0 Å². The standard InChI is InChI=1S/C46H57FN12O5/c1-28(2)59-45-40(44(48)50-27-51-45)41(54-59)42-39(43(64-55-42)31-6-7-31)34-9-5-29(25-49-34)15-23-63-22-3-4-38(61)58-16-13-30(14-17-58)26-56-18-20-57(21-19-56)36-11-8-32(24-33(36)47)52-35-10-12-37(60)53-46(35)62/h5,8-9,11,24-25,27-28,30-31,35,52H,3-4,6-7,10,12-23,26H2,1-2H3,(H2,48,50,51)(H,53,60,62)/t35-/m1/s1. The van der Waals surface area contributed by atoms with E-state index in [2.05, 4.69) is 41.6 Å². The number of fused-ring (bicyclic) bond motifs is 1. The van der Waals surface area contributed by atoms with Gasteiger partial charge in [-0.15, -0.1) is 0 Å². The molecule has 3 saturated heterocycles. The maximum atomic E-state index is 15.2. The second-order valence-electron chi connectivity index (χ2n) is 17.8. The number of rotatable bonds is 16. The third kappa shape index (κ3) is 9.57. The molecule has 64 heavy (non-hydrogen) atoms. The van der Waals surface area contributed by atoms with Crippen LogP contribution in [0.4, 0.5) is 21.6 Å². The fraction of sp³-hybridized carbons (Fsp3) is 0.522. The van der Waals surface area contributed by atoms with Crippen molar-refractivity contribution in [2.45, 2.75) is 89.6 Å². The SMILES string of the molecule is CC(C)n1nc(-c2noc(C3CC3)c2-c2ccc(CCOCCCC(=O)N3CCC(CN4CCN(c5ccc(N[C@@H]6CCC(=O)NC6=O)cc5F)CC4)CC3)cn2)c2c(N)ncnc21. The highest BCUT2D eigenvalue weighted by atomic mass is 19.1. The van der Waals surface area contributed by atoms with Gasteiger partial charge in [-0.25, -0.2) is 19.0 Å². The van der Waals surface area contributed by atoms with E-state index in [1.165, 1.54) is 12.4 Å². The Morgan fingerprint density at radius 3 is 2.52 bits per heavy atom. The van der Waals surface area contributed by atoms with Crippen LogP contribution in [-0.4, -0.2) is 122 Å². The first-order valence-electron chi connectivity index (χ1n) is 22.8. The molecule has 7 heterocycles. The number of ether oxygens (including phenoxy) is 1. The van der Waals surface area contributed by atoms with Gasteiger partial charge in [-0.1, -0.05) is 11.2 Å². The van der Waals surface area contributed by atoms with Crippen molar-refractivity contribution in [2.75, 3.05) is 75.0 Å². The van der Waals surface area contributed by atoms with E-state index in [4.69, 9.17) is 25.1 Å². The van der Waals surface area contributed by atoms with Crippen molar-refractivity contribution in [1.82, 2.24) is 45.0 Å². The molecule has 4 N–H and O–H groups in total. The van der Waals surface area contributed by atoms with Gasteiger partial charge in [0.25, 0.3) is 0 Å². The minimum absolute atomic E-state index is 0.0501. The highest BCUT2D eigenvalue weighted by molar-refractivity contribution is 6.02. The van der Waals surface area contributed by atoms with Crippen LogP contribution in [0.25, 0.3) is 33.7 Å². The Balaban J connectivity index is 0.679. The Bertz CT molecular complexity index is 2470. The number of likely N-dealkylation sites (tertiary alicyclic amines) is 1. The van der Waals surface area contributed by atoms with Crippen LogP contribution in [0.5, 0.6) is 0 Å². The third-order valence-corrected chi connectivity index (χ3v) is 12.9. The number of nitrogens with one attached hydrogen (secondary N) is 2. The molecule has 5 aromatic rings. The number of aromatic nitrogens is 6. The zero-order valence-electron chi connectivity index (χ0n) is 36.6. The first-order valence-corrected chi connectivity index (χ1v) is 22.8. The van der Waals surface area contributed by atoms with E-state index in [-0.39, 0.29) is 36.0 Å². The lowest BCUT2D eigenvalue weighted by Crippen LogP contribution is -2.49. The number of carbonyl (C=O) groups is 3. The van der Waals surface area contributed by atoms with Gasteiger partial charge in [-0.2, -0.15) is 5.10 Å². The fourth-order valence-electron chi connectivity index (χ4n) is 9.14. The van der Waals surface area contributed by atoms with E-state index in [1.807, 2.05) is 35.7 Å². The fourth-order valence-corrected chi connectivity index (χ4v) is 9.14. The minimum atomic E-state index is -0.555. The molecular weight excluding hydrogens is 820 g/mol. The summed E-state index contributed by atoms with van der Waals surface area (Å²) >= 11 is 0. The molecule has 4 fully saturated rings. The van der Waals surface area contributed by atoms with Crippen molar-refractivity contribution >= 4 is 45.9 Å². The molecule has 0 bridgehead atoms. The summed E-state index contributed by atoms with van der Waals surface area (Å²) < 4.78 is 28.9. The van der Waals surface area contributed by atoms with Crippen LogP contribution in [-0.2, 0) is 25.5 Å². The maximum absolute atomic E-state index is 15.2. The number of nitrogens with zero attached hydrogens (tertiary/aromatic N) is 9. The number of piperazine rings is 1. The molecule has 1 atom stereocenters. The van der Waals surface area contributed by atoms with Crippen molar-refractivity contribution in [2.24, 2.45) is 5.92 Å². The number of carbonyl (C=O) groups excluding carboxylic acids is 3. The van der Waals surface area contributed by atoms with Crippen molar-refractivity contribution in [1.29, 1.82) is 0 Å². The number of imide groups is 1. The number of nitrogen functional groups attached to an aromatic ring is 1. The molecule has 1 saturated carbocycles. The van der Waals surface area contributed by atoms with Gasteiger partial charge in [-0.3, -0.25) is 29.6 Å². The molecule has 4 aliphatic rings. The van der Waals surface area contributed by atoms with Crippen LogP contribution >= 0.6 is 0 Å². The Morgan fingerprint density at radius 1 is 0.984 bits per heavy atom. The lowest BCUT2D eigenvalue weighted by Gasteiger charge is -2.39. The van der Waals surface area contributed by atoms with Gasteiger partial charge in [0, 0.05) is 89.1 Å². The van der Waals surface area contributed by atoms with E-state index in [9.17, 15) is 14.4 Å². The molecule has 1 aliphatic carbocycles. The number of amides is 3. The van der Waals surface area contributed by atoms with E-state index in [0.29, 0.717) is 90.3 Å². The largest absolute Gasteiger partial charge is 0.383 e. The van der Waals surface area contributed by atoms with Crippen molar-refractivity contribution in [3.05, 3.63) is 60.0 Å². The summed E-state index contributed by atoms with van der Waals surface area (Å²) in [6.45, 7) is 10.8. The van der Waals surface area contributed by atoms with E-state index >= 15 is 4.39 Å². The Hall–Kier alpha value is -6.01. The average molecular weight is 877 g/mol. The summed E-state index contributed by atoms with van der Waals surface area (Å²) in [5.74, 6) is 1.17. The van der Waals surface area contributed by atoms with Gasteiger partial charge < -0.3 is 30.1 Å². The smallest absolute Gasteiger partial charge is 0.249 e. The van der Waals surface area contributed by atoms with Crippen LogP contribution in [0, 0.1) is 11.7 Å². The molecule has 0 radical (unpaired) electrons. The van der Waals surface area contributed by atoms with Crippen molar-refractivity contribution < 1.29 is 28.0 Å². The number of benzene rings is 1. The maximum Gasteiger partial charge on any atom is 0.249 e. The molecule has 4 aromatic heterocycles. The normalized spacial score (nSPS) is 18.9. The lowest BCUT2D eigenvalue weighted by molar-refractivity contribution is -0.134. The summed E-state index contributed by atoms with van der Waals surface area (Å²) in [6, 6.07) is 8.53. The molecular formula is C46H57FN12O5. The molecule has 17 nitrogen and oxygen atoms in total. The number of pyridine rings is 1. The Labute approximate surface area is 371 Å². The zero-order chi connectivity index (χ0) is 44.3. The van der Waals surface area contributed by atoms with Crippen LogP contribution in [0.3, 0.4) is 0 Å². The van der Waals surface area contributed by atoms with Gasteiger partial charge in [0.15, 0.2) is 5.65 Å². The quantitative estimate of drug-likeness (QED) is 0.0847. The molecule has 9 rings (SSSR count). The molecule has 1 aromatic carbocycles. The summed E-state index contributed by atoms with van der Waals surface area (Å²) in [5.41, 5.74) is 11.9. The number of anilines is 3. The second kappa shape index (κ2) is 19.0. The number of halogens is 1. The molecule has 0 spiro atoms. The molecule has 0 unspecified atom stereocenters. The van der Waals surface area contributed by atoms with Crippen LogP contribution in [0.15, 0.2) is 47.4 Å². The second-order valence-corrected chi connectivity index (χ2v) is 17.8. The summed E-state index contributed by atoms with van der Waals surface area (Å²) in [5, 5.41) is 15.4. The monoisotopic (exact) mass is 876 g/mol. The van der Waals surface area contributed by atoms with Gasteiger partial charge >= 0.3 is 0 Å². The topological polar surface area (TPSA) is 203 Å². The summed E-state index contributed by atoms with van der Waals surface area (Å²) in [4.78, 5) is 56.7. The van der Waals surface area contributed by atoms with Crippen LogP contribution in [0.2, 0.25) is 0 Å². The van der Waals surface area contributed by atoms with E-state index < -0.39 is 6.04 Å². The molecule has 3 amide bonds. The number of piperidine rings is 2. The van der Waals surface area contributed by atoms with E-state index in [0.717, 1.165) is 94.1 Å². The van der Waals surface area contributed by atoms with Gasteiger partial charge in [0.2, 0.25) is 17.7 Å². The van der Waals surface area contributed by atoms with Crippen LogP contribution in [0.1, 0.15) is 88.5 Å². The number of nitrogens with two attached hydrogens (primary N) is 1. The highest BCUT2D eigenvalue weighted by Crippen LogP contribution is 2.48. The minimum Gasteiger partial charge on any atom is -0.383 e. The Morgan fingerprint density at radius 2 is 1.80 bits per heavy atom. The lowest BCUT2D eigenvalue weighted by atomic mass is 9.95. The van der Waals surface area contributed by atoms with E-state index in [1.54, 1.807) is 12.1 Å². The summed E-state index contributed by atoms with van der Waals surface area (Å²) in [7, 11) is 0. The number of hydrogen-bond acceptors (Lipinski definition) is 14. The number of hydrogen-bond donors (Lipinski definition) is 3. The van der Waals surface area contributed by atoms with Gasteiger partial charge in [0.1, 0.15) is 41.2 Å². The molecule has 18 heteroatoms. The average Bonchev–Trinajstić information content (AvgIpc) is 3.92. The van der Waals surface area contributed by atoms with Gasteiger partial charge in [-0.05, 0) is 94.5 Å². The zero-order valence-corrected chi connectivity index (χ0v) is 36.6. The predicted octanol–water partition coefficient (Wildman–Crippen LogP) is 5.34. The Kier molecular flexibility index (Phi) is 12.8. The first kappa shape index (κ1) is 43.3. The first-order chi connectivity index (χ1) is 31.1. The molecule has 338 valence electrons. The highest BCUT2D eigenvalue weighted by Gasteiger charge is 2.36. The van der Waals surface area contributed by atoms with Crippen LogP contribution < -0.4 is 21.3 Å². The molecule has 3 aliphatic heterocycles.